The van der Waals surface area contributed by atoms with Crippen molar-refractivity contribution in [3.63, 3.8) is 0 Å². The molecule has 0 aliphatic rings. The predicted octanol–water partition coefficient (Wildman–Crippen LogP) is 4.86. The third-order valence-electron chi connectivity index (χ3n) is 4.25. The van der Waals surface area contributed by atoms with E-state index in [1.165, 1.54) is 0 Å². The van der Waals surface area contributed by atoms with Crippen molar-refractivity contribution in [3.05, 3.63) is 64.2 Å². The van der Waals surface area contributed by atoms with Gasteiger partial charge in [0.05, 0.1) is 30.9 Å². The van der Waals surface area contributed by atoms with Crippen LogP contribution in [-0.4, -0.2) is 41.5 Å². The number of nitrogens with one attached hydrogen (secondary N) is 1. The summed E-state index contributed by atoms with van der Waals surface area (Å²) in [6.45, 7) is 6.11. The van der Waals surface area contributed by atoms with E-state index in [-0.39, 0.29) is 24.0 Å². The van der Waals surface area contributed by atoms with Crippen LogP contribution < -0.4 is 14.8 Å². The highest BCUT2D eigenvalue weighted by molar-refractivity contribution is 14.0. The van der Waals surface area contributed by atoms with Crippen LogP contribution in [0, 0.1) is 6.92 Å². The summed E-state index contributed by atoms with van der Waals surface area (Å²) in [4.78, 5) is 15.7. The number of benzene rings is 1. The zero-order valence-corrected chi connectivity index (χ0v) is 21.3. The lowest BCUT2D eigenvalue weighted by Gasteiger charge is -2.21. The van der Waals surface area contributed by atoms with Gasteiger partial charge in [-0.25, -0.2) is 15.0 Å². The van der Waals surface area contributed by atoms with Crippen LogP contribution in [0.2, 0.25) is 0 Å². The molecule has 0 spiro atoms. The Bertz CT molecular complexity index is 961. The second kappa shape index (κ2) is 12.5. The second-order valence-electron chi connectivity index (χ2n) is 6.67. The maximum Gasteiger partial charge on any atom is 0.219 e. The summed E-state index contributed by atoms with van der Waals surface area (Å²) in [5, 5.41) is 6.49. The summed E-state index contributed by atoms with van der Waals surface area (Å²) in [7, 11) is 3.65. The molecule has 0 saturated carbocycles. The second-order valence-corrected chi connectivity index (χ2v) is 7.73. The average Bonchev–Trinajstić information content (AvgIpc) is 3.17. The number of hydrogen-bond acceptors (Lipinski definition) is 6. The normalized spacial score (nSPS) is 10.9. The Morgan fingerprint density at radius 3 is 2.48 bits per heavy atom. The van der Waals surface area contributed by atoms with E-state index in [0.717, 1.165) is 34.5 Å². The number of rotatable bonds is 8. The molecule has 0 aliphatic carbocycles. The molecule has 0 unspecified atom stereocenters. The fraction of sp³-hybridized carbons (Fsp3) is 0.318. The number of methoxy groups -OCH3 is 1. The van der Waals surface area contributed by atoms with E-state index < -0.39 is 0 Å². The standard InChI is InChI=1S/C22H27N5O2S.HI/c1-5-23-22(27(3)14-18-15-30-16(2)26-18)25-13-17-6-11-21(24-12-17)29-20-9-7-19(28-4)8-10-20;/h6-12,15H,5,13-14H2,1-4H3,(H,23,25);1H. The maximum atomic E-state index is 5.77. The number of ether oxygens (including phenoxy) is 2. The fourth-order valence-corrected chi connectivity index (χ4v) is 3.37. The largest absolute Gasteiger partial charge is 0.497 e. The minimum Gasteiger partial charge on any atom is -0.497 e. The number of halogens is 1. The van der Waals surface area contributed by atoms with Gasteiger partial charge >= 0.3 is 0 Å². The molecule has 0 radical (unpaired) electrons. The molecule has 0 atom stereocenters. The molecule has 0 bridgehead atoms. The molecule has 0 fully saturated rings. The highest BCUT2D eigenvalue weighted by Crippen LogP contribution is 2.22. The minimum atomic E-state index is 0. The van der Waals surface area contributed by atoms with Gasteiger partial charge in [-0.1, -0.05) is 6.07 Å². The first-order valence-corrected chi connectivity index (χ1v) is 10.6. The first kappa shape index (κ1) is 24.9. The Hall–Kier alpha value is -2.40. The van der Waals surface area contributed by atoms with Gasteiger partial charge in [0.25, 0.3) is 0 Å². The Kier molecular flexibility index (Phi) is 9.99. The zero-order valence-electron chi connectivity index (χ0n) is 18.2. The summed E-state index contributed by atoms with van der Waals surface area (Å²) < 4.78 is 10.9. The van der Waals surface area contributed by atoms with Gasteiger partial charge in [-0.15, -0.1) is 35.3 Å². The quantitative estimate of drug-likeness (QED) is 0.244. The number of thiazole rings is 1. The molecule has 1 N–H and O–H groups in total. The van der Waals surface area contributed by atoms with Crippen molar-refractivity contribution in [2.75, 3.05) is 20.7 Å². The highest BCUT2D eigenvalue weighted by atomic mass is 127. The monoisotopic (exact) mass is 553 g/mol. The highest BCUT2D eigenvalue weighted by Gasteiger charge is 2.09. The van der Waals surface area contributed by atoms with E-state index in [2.05, 4.69) is 32.5 Å². The van der Waals surface area contributed by atoms with Crippen molar-refractivity contribution in [2.24, 2.45) is 4.99 Å². The van der Waals surface area contributed by atoms with E-state index in [1.807, 2.05) is 50.4 Å². The van der Waals surface area contributed by atoms with Gasteiger partial charge in [0, 0.05) is 31.2 Å². The number of aromatic nitrogens is 2. The number of aryl methyl sites for hydroxylation is 1. The predicted molar refractivity (Wildman–Crippen MR) is 136 cm³/mol. The number of aliphatic imine (C=N–C) groups is 1. The number of guanidine groups is 1. The molecule has 1 aromatic carbocycles. The summed E-state index contributed by atoms with van der Waals surface area (Å²) in [5.41, 5.74) is 2.05. The van der Waals surface area contributed by atoms with Crippen LogP contribution in [0.15, 0.2) is 53.0 Å². The van der Waals surface area contributed by atoms with Crippen molar-refractivity contribution >= 4 is 41.3 Å². The van der Waals surface area contributed by atoms with Crippen LogP contribution in [0.4, 0.5) is 0 Å². The molecule has 0 aliphatic heterocycles. The summed E-state index contributed by atoms with van der Waals surface area (Å²) in [5.74, 6) is 2.87. The van der Waals surface area contributed by atoms with Crippen molar-refractivity contribution < 1.29 is 9.47 Å². The van der Waals surface area contributed by atoms with Crippen molar-refractivity contribution in [3.8, 4) is 17.4 Å². The average molecular weight is 553 g/mol. The zero-order chi connectivity index (χ0) is 21.3. The van der Waals surface area contributed by atoms with Crippen LogP contribution in [0.25, 0.3) is 0 Å². The SMILES string of the molecule is CCNC(=NCc1ccc(Oc2ccc(OC)cc2)nc1)N(C)Cc1csc(C)n1.I. The van der Waals surface area contributed by atoms with Crippen molar-refractivity contribution in [1.82, 2.24) is 20.2 Å². The minimum absolute atomic E-state index is 0. The number of nitrogens with zero attached hydrogens (tertiary/aromatic N) is 4. The van der Waals surface area contributed by atoms with E-state index >= 15 is 0 Å². The molecule has 2 aromatic heterocycles. The number of hydrogen-bond donors (Lipinski definition) is 1. The Balaban J connectivity index is 0.00000341. The van der Waals surface area contributed by atoms with Gasteiger partial charge in [-0.2, -0.15) is 0 Å². The van der Waals surface area contributed by atoms with Crippen LogP contribution >= 0.6 is 35.3 Å². The van der Waals surface area contributed by atoms with Crippen LogP contribution in [0.1, 0.15) is 23.2 Å². The van der Waals surface area contributed by atoms with E-state index in [9.17, 15) is 0 Å². The van der Waals surface area contributed by atoms with Crippen LogP contribution in [0.3, 0.4) is 0 Å². The topological polar surface area (TPSA) is 71.9 Å². The third-order valence-corrected chi connectivity index (χ3v) is 5.08. The summed E-state index contributed by atoms with van der Waals surface area (Å²) in [6, 6.07) is 11.2. The summed E-state index contributed by atoms with van der Waals surface area (Å²) >= 11 is 1.66. The summed E-state index contributed by atoms with van der Waals surface area (Å²) in [6.07, 6.45) is 1.79. The van der Waals surface area contributed by atoms with Crippen LogP contribution in [0.5, 0.6) is 17.4 Å². The molecule has 2 heterocycles. The third kappa shape index (κ3) is 7.66. The lowest BCUT2D eigenvalue weighted by atomic mass is 10.3. The van der Waals surface area contributed by atoms with Gasteiger partial charge in [0.1, 0.15) is 11.5 Å². The molecule has 9 heteroatoms. The molecule has 0 amide bonds. The molecule has 0 saturated heterocycles. The lowest BCUT2D eigenvalue weighted by Crippen LogP contribution is -2.38. The van der Waals surface area contributed by atoms with Gasteiger partial charge < -0.3 is 19.7 Å². The Morgan fingerprint density at radius 1 is 1.16 bits per heavy atom. The van der Waals surface area contributed by atoms with Crippen molar-refractivity contribution in [1.29, 1.82) is 0 Å². The van der Waals surface area contributed by atoms with E-state index in [0.29, 0.717) is 24.7 Å². The van der Waals surface area contributed by atoms with Crippen molar-refractivity contribution in [2.45, 2.75) is 26.9 Å². The fourth-order valence-electron chi connectivity index (χ4n) is 2.76. The molecule has 3 rings (SSSR count). The Morgan fingerprint density at radius 2 is 1.90 bits per heavy atom. The van der Waals surface area contributed by atoms with E-state index in [4.69, 9.17) is 14.5 Å². The number of pyridine rings is 1. The molecular formula is C22H28IN5O2S. The smallest absolute Gasteiger partial charge is 0.219 e. The van der Waals surface area contributed by atoms with Gasteiger partial charge in [0.2, 0.25) is 5.88 Å². The molecule has 7 nitrogen and oxygen atoms in total. The van der Waals surface area contributed by atoms with Gasteiger partial charge in [-0.3, -0.25) is 0 Å². The molecule has 31 heavy (non-hydrogen) atoms. The van der Waals surface area contributed by atoms with Gasteiger partial charge in [-0.05, 0) is 43.7 Å². The molecular weight excluding hydrogens is 525 g/mol. The Labute approximate surface area is 204 Å². The first-order chi connectivity index (χ1) is 14.6. The van der Waals surface area contributed by atoms with E-state index in [1.54, 1.807) is 24.6 Å². The van der Waals surface area contributed by atoms with Crippen LogP contribution in [-0.2, 0) is 13.1 Å². The van der Waals surface area contributed by atoms with Gasteiger partial charge in [0.15, 0.2) is 5.96 Å². The first-order valence-electron chi connectivity index (χ1n) is 9.74. The maximum absolute atomic E-state index is 5.77. The molecule has 3 aromatic rings. The molecule has 166 valence electrons. The lowest BCUT2D eigenvalue weighted by molar-refractivity contribution is 0.412.